The Balaban J connectivity index is 1.46. The molecule has 0 unspecified atom stereocenters. The van der Waals surface area contributed by atoms with Crippen LogP contribution in [0.4, 0.5) is 16.0 Å². The first kappa shape index (κ1) is 18.1. The number of aromatic nitrogens is 2. The third-order valence-corrected chi connectivity index (χ3v) is 4.32. The summed E-state index contributed by atoms with van der Waals surface area (Å²) in [4.78, 5) is 23.1. The van der Waals surface area contributed by atoms with Gasteiger partial charge in [0.25, 0.3) is 0 Å². The first-order valence-electron chi connectivity index (χ1n) is 8.96. The molecule has 0 aliphatic carbocycles. The SMILES string of the molecule is Cc1nc(NCCNC(=O)Cc2ccccc2F)cc(N2CCCC2)n1. The van der Waals surface area contributed by atoms with Crippen molar-refractivity contribution in [2.24, 2.45) is 0 Å². The normalized spacial score (nSPS) is 13.7. The maximum Gasteiger partial charge on any atom is 0.224 e. The number of benzene rings is 1. The van der Waals surface area contributed by atoms with Crippen LogP contribution in [-0.2, 0) is 11.2 Å². The number of hydrogen-bond acceptors (Lipinski definition) is 5. The minimum atomic E-state index is -0.355. The molecule has 1 aliphatic rings. The van der Waals surface area contributed by atoms with Gasteiger partial charge in [0.15, 0.2) is 0 Å². The first-order chi connectivity index (χ1) is 12.6. The molecule has 0 spiro atoms. The van der Waals surface area contributed by atoms with E-state index in [-0.39, 0.29) is 18.1 Å². The number of nitrogens with zero attached hydrogens (tertiary/aromatic N) is 3. The zero-order chi connectivity index (χ0) is 18.4. The van der Waals surface area contributed by atoms with Gasteiger partial charge in [0, 0.05) is 32.2 Å². The molecule has 1 fully saturated rings. The zero-order valence-electron chi connectivity index (χ0n) is 15.0. The second kappa shape index (κ2) is 8.60. The summed E-state index contributed by atoms with van der Waals surface area (Å²) in [6.45, 7) is 4.92. The molecule has 1 amide bonds. The van der Waals surface area contributed by atoms with E-state index in [4.69, 9.17) is 0 Å². The van der Waals surface area contributed by atoms with Gasteiger partial charge in [0.1, 0.15) is 23.3 Å². The molecule has 0 radical (unpaired) electrons. The number of aryl methyl sites for hydroxylation is 1. The van der Waals surface area contributed by atoms with Crippen molar-refractivity contribution in [1.82, 2.24) is 15.3 Å². The average Bonchev–Trinajstić information content (AvgIpc) is 3.15. The van der Waals surface area contributed by atoms with E-state index in [2.05, 4.69) is 25.5 Å². The van der Waals surface area contributed by atoms with Gasteiger partial charge in [-0.1, -0.05) is 18.2 Å². The molecule has 1 saturated heterocycles. The number of amides is 1. The van der Waals surface area contributed by atoms with Crippen LogP contribution in [0.3, 0.4) is 0 Å². The van der Waals surface area contributed by atoms with E-state index >= 15 is 0 Å². The molecule has 0 bridgehead atoms. The van der Waals surface area contributed by atoms with Crippen LogP contribution >= 0.6 is 0 Å². The molecule has 1 aromatic heterocycles. The second-order valence-corrected chi connectivity index (χ2v) is 6.40. The van der Waals surface area contributed by atoms with Crippen molar-refractivity contribution in [1.29, 1.82) is 0 Å². The van der Waals surface area contributed by atoms with Gasteiger partial charge in [0.05, 0.1) is 6.42 Å². The summed E-state index contributed by atoms with van der Waals surface area (Å²) in [5.41, 5.74) is 0.402. The summed E-state index contributed by atoms with van der Waals surface area (Å²) < 4.78 is 13.6. The molecular weight excluding hydrogens is 333 g/mol. The fourth-order valence-corrected chi connectivity index (χ4v) is 3.02. The maximum absolute atomic E-state index is 13.6. The van der Waals surface area contributed by atoms with Crippen molar-refractivity contribution in [3.05, 3.63) is 47.5 Å². The molecule has 1 aromatic carbocycles. The van der Waals surface area contributed by atoms with Crippen LogP contribution in [0.5, 0.6) is 0 Å². The van der Waals surface area contributed by atoms with Crippen LogP contribution in [0, 0.1) is 12.7 Å². The van der Waals surface area contributed by atoms with Crippen LogP contribution in [0.2, 0.25) is 0 Å². The topological polar surface area (TPSA) is 70.2 Å². The van der Waals surface area contributed by atoms with Crippen LogP contribution in [-0.4, -0.2) is 42.1 Å². The van der Waals surface area contributed by atoms with Crippen molar-refractivity contribution < 1.29 is 9.18 Å². The largest absolute Gasteiger partial charge is 0.368 e. The molecule has 2 heterocycles. The summed E-state index contributed by atoms with van der Waals surface area (Å²) >= 11 is 0. The van der Waals surface area contributed by atoms with E-state index < -0.39 is 0 Å². The number of halogens is 1. The molecule has 0 saturated carbocycles. The van der Waals surface area contributed by atoms with Gasteiger partial charge < -0.3 is 15.5 Å². The van der Waals surface area contributed by atoms with Gasteiger partial charge in [0.2, 0.25) is 5.91 Å². The Morgan fingerprint density at radius 1 is 1.19 bits per heavy atom. The molecule has 2 N–H and O–H groups in total. The maximum atomic E-state index is 13.6. The van der Waals surface area contributed by atoms with E-state index in [1.165, 1.54) is 18.9 Å². The van der Waals surface area contributed by atoms with Gasteiger partial charge in [-0.05, 0) is 31.4 Å². The van der Waals surface area contributed by atoms with E-state index in [9.17, 15) is 9.18 Å². The second-order valence-electron chi connectivity index (χ2n) is 6.40. The molecular formula is C19H24FN5O. The van der Waals surface area contributed by atoms with Crippen molar-refractivity contribution >= 4 is 17.5 Å². The van der Waals surface area contributed by atoms with Crippen LogP contribution in [0.1, 0.15) is 24.2 Å². The lowest BCUT2D eigenvalue weighted by atomic mass is 10.1. The Labute approximate surface area is 152 Å². The number of nitrogens with one attached hydrogen (secondary N) is 2. The minimum absolute atomic E-state index is 0.0401. The Hall–Kier alpha value is -2.70. The van der Waals surface area contributed by atoms with E-state index in [1.807, 2.05) is 13.0 Å². The Morgan fingerprint density at radius 3 is 2.73 bits per heavy atom. The predicted octanol–water partition coefficient (Wildman–Crippen LogP) is 2.30. The third kappa shape index (κ3) is 4.91. The van der Waals surface area contributed by atoms with Gasteiger partial charge in [-0.3, -0.25) is 4.79 Å². The lowest BCUT2D eigenvalue weighted by Gasteiger charge is -2.17. The molecule has 6 nitrogen and oxygen atoms in total. The Kier molecular flexibility index (Phi) is 5.99. The van der Waals surface area contributed by atoms with Crippen molar-refractivity contribution in [2.75, 3.05) is 36.4 Å². The van der Waals surface area contributed by atoms with Gasteiger partial charge in [-0.2, -0.15) is 0 Å². The average molecular weight is 357 g/mol. The number of anilines is 2. The first-order valence-corrected chi connectivity index (χ1v) is 8.96. The fraction of sp³-hybridized carbons (Fsp3) is 0.421. The number of carbonyl (C=O) groups is 1. The summed E-state index contributed by atoms with van der Waals surface area (Å²) in [6.07, 6.45) is 2.43. The lowest BCUT2D eigenvalue weighted by Crippen LogP contribution is -2.30. The van der Waals surface area contributed by atoms with E-state index in [1.54, 1.807) is 18.2 Å². The molecule has 26 heavy (non-hydrogen) atoms. The quantitative estimate of drug-likeness (QED) is 0.744. The van der Waals surface area contributed by atoms with Crippen LogP contribution in [0.15, 0.2) is 30.3 Å². The fourth-order valence-electron chi connectivity index (χ4n) is 3.02. The highest BCUT2D eigenvalue weighted by molar-refractivity contribution is 5.78. The molecule has 2 aromatic rings. The van der Waals surface area contributed by atoms with Crippen molar-refractivity contribution in [2.45, 2.75) is 26.2 Å². The molecule has 0 atom stereocenters. The summed E-state index contributed by atoms with van der Waals surface area (Å²) in [7, 11) is 0. The van der Waals surface area contributed by atoms with E-state index in [0.717, 1.165) is 30.5 Å². The van der Waals surface area contributed by atoms with Crippen molar-refractivity contribution in [3.8, 4) is 0 Å². The van der Waals surface area contributed by atoms with Gasteiger partial charge in [-0.25, -0.2) is 14.4 Å². The summed E-state index contributed by atoms with van der Waals surface area (Å²) in [5, 5.41) is 6.00. The van der Waals surface area contributed by atoms with Crippen LogP contribution < -0.4 is 15.5 Å². The standard InChI is InChI=1S/C19H24FN5O/c1-14-23-17(13-18(24-14)25-10-4-5-11-25)21-8-9-22-19(26)12-15-6-2-3-7-16(15)20/h2-3,6-7,13H,4-5,8-12H2,1H3,(H,22,26)(H,21,23,24). The lowest BCUT2D eigenvalue weighted by molar-refractivity contribution is -0.120. The van der Waals surface area contributed by atoms with Crippen molar-refractivity contribution in [3.63, 3.8) is 0 Å². The minimum Gasteiger partial charge on any atom is -0.368 e. The van der Waals surface area contributed by atoms with Crippen LogP contribution in [0.25, 0.3) is 0 Å². The number of rotatable bonds is 7. The van der Waals surface area contributed by atoms with Gasteiger partial charge in [-0.15, -0.1) is 0 Å². The molecule has 138 valence electrons. The third-order valence-electron chi connectivity index (χ3n) is 4.32. The van der Waals surface area contributed by atoms with Gasteiger partial charge >= 0.3 is 0 Å². The molecule has 1 aliphatic heterocycles. The monoisotopic (exact) mass is 357 g/mol. The number of hydrogen-bond donors (Lipinski definition) is 2. The molecule has 3 rings (SSSR count). The predicted molar refractivity (Wildman–Crippen MR) is 99.8 cm³/mol. The molecule has 7 heteroatoms. The van der Waals surface area contributed by atoms with E-state index in [0.29, 0.717) is 18.7 Å². The summed E-state index contributed by atoms with van der Waals surface area (Å²) in [5.74, 6) is 1.87. The Morgan fingerprint density at radius 2 is 1.96 bits per heavy atom. The highest BCUT2D eigenvalue weighted by atomic mass is 19.1. The summed E-state index contributed by atoms with van der Waals surface area (Å²) in [6, 6.07) is 8.26. The highest BCUT2D eigenvalue weighted by Gasteiger charge is 2.15. The highest BCUT2D eigenvalue weighted by Crippen LogP contribution is 2.20. The number of carbonyl (C=O) groups excluding carboxylic acids is 1. The Bertz CT molecular complexity index is 761. The zero-order valence-corrected chi connectivity index (χ0v) is 15.0. The smallest absolute Gasteiger partial charge is 0.224 e.